The molecule has 7 nitrogen and oxygen atoms in total. The van der Waals surface area contributed by atoms with Crippen LogP contribution >= 0.6 is 0 Å². The van der Waals surface area contributed by atoms with E-state index in [2.05, 4.69) is 21.5 Å². The number of urea groups is 1. The molecule has 1 N–H and O–H groups in total. The third-order valence-electron chi connectivity index (χ3n) is 5.16. The van der Waals surface area contributed by atoms with Gasteiger partial charge in [0.15, 0.2) is 0 Å². The van der Waals surface area contributed by atoms with Crippen molar-refractivity contribution < 1.29 is 9.53 Å². The summed E-state index contributed by atoms with van der Waals surface area (Å²) in [6.45, 7) is 3.75. The minimum Gasteiger partial charge on any atom is -0.375 e. The zero-order valence-electron chi connectivity index (χ0n) is 15.0. The number of nitrogens with zero attached hydrogens (tertiary/aromatic N) is 4. The molecule has 3 rings (SSSR count). The van der Waals surface area contributed by atoms with Crippen LogP contribution in [0.5, 0.6) is 0 Å². The van der Waals surface area contributed by atoms with Gasteiger partial charge >= 0.3 is 6.03 Å². The van der Waals surface area contributed by atoms with Gasteiger partial charge in [-0.25, -0.2) is 4.79 Å². The molecule has 2 saturated heterocycles. The Morgan fingerprint density at radius 2 is 2.21 bits per heavy atom. The average molecular weight is 335 g/mol. The Morgan fingerprint density at radius 3 is 2.83 bits per heavy atom. The van der Waals surface area contributed by atoms with Gasteiger partial charge in [0.05, 0.1) is 11.8 Å². The first-order chi connectivity index (χ1) is 11.5. The summed E-state index contributed by atoms with van der Waals surface area (Å²) in [7, 11) is 5.51. The number of carbonyl (C=O) groups excluding carboxylic acids is 1. The second kappa shape index (κ2) is 7.11. The fourth-order valence-corrected chi connectivity index (χ4v) is 3.73. The molecule has 1 unspecified atom stereocenters. The normalized spacial score (nSPS) is 24.0. The quantitative estimate of drug-likeness (QED) is 0.902. The van der Waals surface area contributed by atoms with E-state index in [9.17, 15) is 4.79 Å². The van der Waals surface area contributed by atoms with Crippen molar-refractivity contribution in [1.82, 2.24) is 24.9 Å². The zero-order valence-corrected chi connectivity index (χ0v) is 15.0. The Labute approximate surface area is 143 Å². The molecule has 0 aliphatic carbocycles. The van der Waals surface area contributed by atoms with Gasteiger partial charge in [-0.1, -0.05) is 0 Å². The zero-order chi connectivity index (χ0) is 17.2. The minimum atomic E-state index is -0.0616. The molecule has 0 bridgehead atoms. The van der Waals surface area contributed by atoms with Crippen molar-refractivity contribution in [2.24, 2.45) is 7.05 Å². The lowest BCUT2D eigenvalue weighted by atomic mass is 9.82. The van der Waals surface area contributed by atoms with E-state index in [1.807, 2.05) is 17.9 Å². The highest BCUT2D eigenvalue weighted by Gasteiger charge is 2.40. The lowest BCUT2D eigenvalue weighted by Crippen LogP contribution is -2.54. The van der Waals surface area contributed by atoms with Crippen molar-refractivity contribution in [3.63, 3.8) is 0 Å². The molecule has 0 aromatic carbocycles. The van der Waals surface area contributed by atoms with Crippen LogP contribution in [0.4, 0.5) is 4.79 Å². The van der Waals surface area contributed by atoms with Gasteiger partial charge in [0.25, 0.3) is 0 Å². The van der Waals surface area contributed by atoms with Crippen molar-refractivity contribution in [2.75, 3.05) is 33.8 Å². The molecule has 0 saturated carbocycles. The predicted molar refractivity (Wildman–Crippen MR) is 91.6 cm³/mol. The molecule has 1 atom stereocenters. The van der Waals surface area contributed by atoms with Gasteiger partial charge < -0.3 is 15.0 Å². The Kier molecular flexibility index (Phi) is 5.10. The third kappa shape index (κ3) is 4.08. The SMILES string of the molecule is CN(C)C(=O)NC1CCOC2(CCN(Cc3cnn(C)c3)CC2)C1. The molecular formula is C17H29N5O2. The highest BCUT2D eigenvalue weighted by atomic mass is 16.5. The molecule has 3 heterocycles. The van der Waals surface area contributed by atoms with Crippen molar-refractivity contribution in [3.05, 3.63) is 18.0 Å². The number of rotatable bonds is 3. The average Bonchev–Trinajstić information content (AvgIpc) is 2.95. The Morgan fingerprint density at radius 1 is 1.46 bits per heavy atom. The van der Waals surface area contributed by atoms with Crippen molar-refractivity contribution >= 4 is 6.03 Å². The maximum absolute atomic E-state index is 11.9. The molecule has 24 heavy (non-hydrogen) atoms. The van der Waals surface area contributed by atoms with E-state index in [1.54, 1.807) is 19.0 Å². The van der Waals surface area contributed by atoms with Crippen molar-refractivity contribution in [1.29, 1.82) is 0 Å². The molecule has 2 aliphatic rings. The van der Waals surface area contributed by atoms with E-state index in [1.165, 1.54) is 5.56 Å². The number of hydrogen-bond donors (Lipinski definition) is 1. The number of likely N-dealkylation sites (tertiary alicyclic amines) is 1. The van der Waals surface area contributed by atoms with E-state index in [0.29, 0.717) is 0 Å². The van der Waals surface area contributed by atoms with Crippen LogP contribution in [0.3, 0.4) is 0 Å². The standard InChI is InChI=1S/C17H29N5O2/c1-20(2)16(23)19-15-4-9-24-17(10-15)5-7-22(8-6-17)13-14-11-18-21(3)12-14/h11-12,15H,4-10,13H2,1-3H3,(H,19,23). The number of carbonyl (C=O) groups is 1. The molecule has 1 aromatic rings. The van der Waals surface area contributed by atoms with E-state index in [4.69, 9.17) is 4.74 Å². The van der Waals surface area contributed by atoms with Gasteiger partial charge in [-0.3, -0.25) is 9.58 Å². The number of amides is 2. The topological polar surface area (TPSA) is 62.6 Å². The second-order valence-corrected chi connectivity index (χ2v) is 7.36. The van der Waals surface area contributed by atoms with Crippen LogP contribution in [-0.2, 0) is 18.3 Å². The van der Waals surface area contributed by atoms with Crippen molar-refractivity contribution in [3.8, 4) is 0 Å². The van der Waals surface area contributed by atoms with Crippen LogP contribution in [0.1, 0.15) is 31.2 Å². The number of ether oxygens (including phenoxy) is 1. The maximum atomic E-state index is 11.9. The third-order valence-corrected chi connectivity index (χ3v) is 5.16. The fourth-order valence-electron chi connectivity index (χ4n) is 3.73. The molecule has 1 spiro atoms. The monoisotopic (exact) mass is 335 g/mol. The molecule has 7 heteroatoms. The fraction of sp³-hybridized carbons (Fsp3) is 0.765. The number of aryl methyl sites for hydroxylation is 1. The molecule has 2 aliphatic heterocycles. The summed E-state index contributed by atoms with van der Waals surface area (Å²) in [4.78, 5) is 16.0. The van der Waals surface area contributed by atoms with Crippen LogP contribution in [0.15, 0.2) is 12.4 Å². The Balaban J connectivity index is 1.51. The molecular weight excluding hydrogens is 306 g/mol. The largest absolute Gasteiger partial charge is 0.375 e. The Bertz CT molecular complexity index is 563. The molecule has 2 amide bonds. The van der Waals surface area contributed by atoms with Crippen LogP contribution in [0, 0.1) is 0 Å². The lowest BCUT2D eigenvalue weighted by molar-refractivity contribution is -0.119. The van der Waals surface area contributed by atoms with E-state index >= 15 is 0 Å². The predicted octanol–water partition coefficient (Wildman–Crippen LogP) is 1.20. The first-order valence-corrected chi connectivity index (χ1v) is 8.77. The van der Waals surface area contributed by atoms with Crippen molar-refractivity contribution in [2.45, 2.75) is 43.9 Å². The van der Waals surface area contributed by atoms with Crippen LogP contribution < -0.4 is 5.32 Å². The van der Waals surface area contributed by atoms with E-state index in [-0.39, 0.29) is 17.7 Å². The van der Waals surface area contributed by atoms with Crippen LogP contribution in [0.25, 0.3) is 0 Å². The summed E-state index contributed by atoms with van der Waals surface area (Å²) >= 11 is 0. The first kappa shape index (κ1) is 17.2. The summed E-state index contributed by atoms with van der Waals surface area (Å²) in [5, 5.41) is 7.36. The first-order valence-electron chi connectivity index (χ1n) is 8.77. The van der Waals surface area contributed by atoms with Gasteiger partial charge in [0.1, 0.15) is 0 Å². The van der Waals surface area contributed by atoms with Gasteiger partial charge in [0.2, 0.25) is 0 Å². The highest BCUT2D eigenvalue weighted by molar-refractivity contribution is 5.73. The number of nitrogens with one attached hydrogen (secondary N) is 1. The van der Waals surface area contributed by atoms with E-state index in [0.717, 1.165) is 51.9 Å². The summed E-state index contributed by atoms with van der Waals surface area (Å²) in [6.07, 6.45) is 7.90. The number of aromatic nitrogens is 2. The smallest absolute Gasteiger partial charge is 0.317 e. The maximum Gasteiger partial charge on any atom is 0.317 e. The summed E-state index contributed by atoms with van der Waals surface area (Å²) in [6, 6.07) is 0.213. The van der Waals surface area contributed by atoms with Crippen LogP contribution in [-0.4, -0.2) is 71.0 Å². The molecule has 134 valence electrons. The number of hydrogen-bond acceptors (Lipinski definition) is 4. The summed E-state index contributed by atoms with van der Waals surface area (Å²) in [5.41, 5.74) is 1.20. The Hall–Kier alpha value is -1.60. The van der Waals surface area contributed by atoms with Gasteiger partial charge in [-0.15, -0.1) is 0 Å². The second-order valence-electron chi connectivity index (χ2n) is 7.36. The molecule has 1 aromatic heterocycles. The number of piperidine rings is 1. The van der Waals surface area contributed by atoms with Crippen LogP contribution in [0.2, 0.25) is 0 Å². The van der Waals surface area contributed by atoms with Gasteiger partial charge in [0, 0.05) is 65.2 Å². The summed E-state index contributed by atoms with van der Waals surface area (Å²) < 4.78 is 8.02. The minimum absolute atomic E-state index is 0.00827. The highest BCUT2D eigenvalue weighted by Crippen LogP contribution is 2.35. The molecule has 0 radical (unpaired) electrons. The summed E-state index contributed by atoms with van der Waals surface area (Å²) in [5.74, 6) is 0. The molecule has 2 fully saturated rings. The van der Waals surface area contributed by atoms with Gasteiger partial charge in [-0.05, 0) is 25.7 Å². The lowest BCUT2D eigenvalue weighted by Gasteiger charge is -2.46. The van der Waals surface area contributed by atoms with E-state index < -0.39 is 0 Å². The van der Waals surface area contributed by atoms with Gasteiger partial charge in [-0.2, -0.15) is 5.10 Å².